The predicted octanol–water partition coefficient (Wildman–Crippen LogP) is 3.24. The average molecular weight is 332 g/mol. The topological polar surface area (TPSA) is 75.3 Å². The first kappa shape index (κ1) is 17.0. The second kappa shape index (κ2) is 6.42. The Kier molecular flexibility index (Phi) is 4.75. The van der Waals surface area contributed by atoms with Gasteiger partial charge in [-0.2, -0.15) is 0 Å². The second-order valence-corrected chi connectivity index (χ2v) is 7.35. The van der Waals surface area contributed by atoms with E-state index in [1.54, 1.807) is 25.1 Å². The number of aryl methyl sites for hydroxylation is 2. The molecule has 122 valence electrons. The van der Waals surface area contributed by atoms with Crippen LogP contribution in [0, 0.1) is 20.8 Å². The molecule has 1 amide bonds. The fourth-order valence-corrected chi connectivity index (χ4v) is 2.83. The van der Waals surface area contributed by atoms with E-state index in [9.17, 15) is 13.2 Å². The molecule has 0 spiro atoms. The number of sulfonamides is 1. The third kappa shape index (κ3) is 4.32. The Bertz CT molecular complexity index is 858. The molecule has 0 saturated carbocycles. The summed E-state index contributed by atoms with van der Waals surface area (Å²) >= 11 is 0. The summed E-state index contributed by atoms with van der Waals surface area (Å²) < 4.78 is 25.2. The van der Waals surface area contributed by atoms with Crippen molar-refractivity contribution in [2.45, 2.75) is 20.8 Å². The largest absolute Gasteiger partial charge is 0.322 e. The van der Waals surface area contributed by atoms with Crippen molar-refractivity contribution in [2.75, 3.05) is 16.3 Å². The smallest absolute Gasteiger partial charge is 0.256 e. The van der Waals surface area contributed by atoms with E-state index < -0.39 is 10.0 Å². The molecule has 0 radical (unpaired) electrons. The van der Waals surface area contributed by atoms with E-state index in [4.69, 9.17) is 0 Å². The van der Waals surface area contributed by atoms with Crippen molar-refractivity contribution in [2.24, 2.45) is 0 Å². The summed E-state index contributed by atoms with van der Waals surface area (Å²) in [5.74, 6) is -0.275. The highest BCUT2D eigenvalue weighted by Gasteiger charge is 2.14. The van der Waals surface area contributed by atoms with Crippen molar-refractivity contribution in [1.82, 2.24) is 0 Å². The van der Waals surface area contributed by atoms with Gasteiger partial charge in [-0.25, -0.2) is 8.42 Å². The zero-order chi connectivity index (χ0) is 17.2. The molecular weight excluding hydrogens is 312 g/mol. The zero-order valence-corrected chi connectivity index (χ0v) is 14.4. The fraction of sp³-hybridized carbons (Fsp3) is 0.235. The fourth-order valence-electron chi connectivity index (χ4n) is 2.21. The monoisotopic (exact) mass is 332 g/mol. The van der Waals surface area contributed by atoms with E-state index in [0.717, 1.165) is 17.4 Å². The molecule has 0 fully saturated rings. The molecule has 0 saturated heterocycles. The van der Waals surface area contributed by atoms with E-state index >= 15 is 0 Å². The molecule has 23 heavy (non-hydrogen) atoms. The number of benzene rings is 2. The number of amides is 1. The normalized spacial score (nSPS) is 11.1. The third-order valence-electron chi connectivity index (χ3n) is 3.64. The molecular formula is C17H20N2O3S. The number of rotatable bonds is 4. The van der Waals surface area contributed by atoms with Gasteiger partial charge in [-0.3, -0.25) is 9.52 Å². The second-order valence-electron chi connectivity index (χ2n) is 5.61. The van der Waals surface area contributed by atoms with Gasteiger partial charge in [-0.05, 0) is 61.7 Å². The molecule has 2 rings (SSSR count). The molecule has 5 nitrogen and oxygen atoms in total. The maximum atomic E-state index is 12.5. The maximum absolute atomic E-state index is 12.5. The van der Waals surface area contributed by atoms with Gasteiger partial charge in [0.25, 0.3) is 5.91 Å². The summed E-state index contributed by atoms with van der Waals surface area (Å²) in [6.45, 7) is 5.70. The van der Waals surface area contributed by atoms with Crippen LogP contribution in [0.25, 0.3) is 0 Å². The van der Waals surface area contributed by atoms with Crippen molar-refractivity contribution < 1.29 is 13.2 Å². The van der Waals surface area contributed by atoms with Crippen LogP contribution >= 0.6 is 0 Å². The molecule has 6 heteroatoms. The summed E-state index contributed by atoms with van der Waals surface area (Å²) in [5.41, 5.74) is 4.36. The molecule has 2 N–H and O–H groups in total. The maximum Gasteiger partial charge on any atom is 0.256 e. The lowest BCUT2D eigenvalue weighted by Crippen LogP contribution is -2.16. The molecule has 0 aliphatic rings. The highest BCUT2D eigenvalue weighted by atomic mass is 32.2. The van der Waals surface area contributed by atoms with Crippen molar-refractivity contribution in [1.29, 1.82) is 0 Å². The Morgan fingerprint density at radius 1 is 1.00 bits per heavy atom. The van der Waals surface area contributed by atoms with Crippen LogP contribution < -0.4 is 10.0 Å². The first-order valence-electron chi connectivity index (χ1n) is 7.13. The molecule has 2 aromatic carbocycles. The van der Waals surface area contributed by atoms with E-state index in [2.05, 4.69) is 10.0 Å². The minimum atomic E-state index is -3.39. The van der Waals surface area contributed by atoms with Crippen LogP contribution in [0.2, 0.25) is 0 Å². The highest BCUT2D eigenvalue weighted by molar-refractivity contribution is 7.92. The average Bonchev–Trinajstić information content (AvgIpc) is 2.43. The SMILES string of the molecule is Cc1ccc(NC(=O)c2cccc(NS(C)(=O)=O)c2C)cc1C. The predicted molar refractivity (Wildman–Crippen MR) is 93.5 cm³/mol. The van der Waals surface area contributed by atoms with Crippen LogP contribution in [0.4, 0.5) is 11.4 Å². The van der Waals surface area contributed by atoms with Crippen LogP contribution in [0.5, 0.6) is 0 Å². The number of carbonyl (C=O) groups excluding carboxylic acids is 1. The number of carbonyl (C=O) groups is 1. The van der Waals surface area contributed by atoms with Gasteiger partial charge in [-0.15, -0.1) is 0 Å². The Morgan fingerprint density at radius 3 is 2.30 bits per heavy atom. The number of hydrogen-bond acceptors (Lipinski definition) is 3. The van der Waals surface area contributed by atoms with Gasteiger partial charge < -0.3 is 5.32 Å². The Hall–Kier alpha value is -2.34. The van der Waals surface area contributed by atoms with Crippen LogP contribution in [-0.4, -0.2) is 20.6 Å². The van der Waals surface area contributed by atoms with Crippen molar-refractivity contribution >= 4 is 27.3 Å². The Balaban J connectivity index is 2.29. The number of nitrogens with one attached hydrogen (secondary N) is 2. The molecule has 0 aliphatic heterocycles. The Morgan fingerprint density at radius 2 is 1.70 bits per heavy atom. The summed E-state index contributed by atoms with van der Waals surface area (Å²) in [7, 11) is -3.39. The highest BCUT2D eigenvalue weighted by Crippen LogP contribution is 2.22. The molecule has 0 atom stereocenters. The molecule has 0 unspecified atom stereocenters. The number of anilines is 2. The van der Waals surface area contributed by atoms with Gasteiger partial charge in [0.15, 0.2) is 0 Å². The van der Waals surface area contributed by atoms with Gasteiger partial charge in [0.05, 0.1) is 11.9 Å². The van der Waals surface area contributed by atoms with E-state index in [1.165, 1.54) is 0 Å². The van der Waals surface area contributed by atoms with Crippen molar-refractivity contribution in [3.05, 3.63) is 58.7 Å². The molecule has 2 aromatic rings. The summed E-state index contributed by atoms with van der Waals surface area (Å²) in [5, 5.41) is 2.84. The lowest BCUT2D eigenvalue weighted by atomic mass is 10.1. The van der Waals surface area contributed by atoms with E-state index in [-0.39, 0.29) is 5.91 Å². The third-order valence-corrected chi connectivity index (χ3v) is 4.23. The minimum Gasteiger partial charge on any atom is -0.322 e. The van der Waals surface area contributed by atoms with Crippen molar-refractivity contribution in [3.63, 3.8) is 0 Å². The Labute approximate surface area is 136 Å². The van der Waals surface area contributed by atoms with Gasteiger partial charge in [-0.1, -0.05) is 12.1 Å². The number of hydrogen-bond donors (Lipinski definition) is 2. The van der Waals surface area contributed by atoms with Gasteiger partial charge >= 0.3 is 0 Å². The first-order valence-corrected chi connectivity index (χ1v) is 9.02. The summed E-state index contributed by atoms with van der Waals surface area (Å²) in [6, 6.07) is 10.6. The van der Waals surface area contributed by atoms with Crippen LogP contribution in [-0.2, 0) is 10.0 Å². The van der Waals surface area contributed by atoms with Gasteiger partial charge in [0, 0.05) is 11.3 Å². The summed E-state index contributed by atoms with van der Waals surface area (Å²) in [4.78, 5) is 12.5. The van der Waals surface area contributed by atoms with E-state index in [0.29, 0.717) is 22.5 Å². The lowest BCUT2D eigenvalue weighted by Gasteiger charge is -2.13. The minimum absolute atomic E-state index is 0.275. The van der Waals surface area contributed by atoms with Crippen LogP contribution in [0.15, 0.2) is 36.4 Å². The lowest BCUT2D eigenvalue weighted by molar-refractivity contribution is 0.102. The zero-order valence-electron chi connectivity index (χ0n) is 13.6. The van der Waals surface area contributed by atoms with Crippen molar-refractivity contribution in [3.8, 4) is 0 Å². The van der Waals surface area contributed by atoms with Crippen LogP contribution in [0.3, 0.4) is 0 Å². The molecule has 0 aromatic heterocycles. The first-order chi connectivity index (χ1) is 10.7. The van der Waals surface area contributed by atoms with Gasteiger partial charge in [0.2, 0.25) is 10.0 Å². The summed E-state index contributed by atoms with van der Waals surface area (Å²) in [6.07, 6.45) is 1.08. The molecule has 0 heterocycles. The quantitative estimate of drug-likeness (QED) is 0.902. The van der Waals surface area contributed by atoms with Gasteiger partial charge in [0.1, 0.15) is 0 Å². The standard InChI is InChI=1S/C17H20N2O3S/c1-11-8-9-14(10-12(11)2)18-17(20)15-6-5-7-16(13(15)3)19-23(4,21)22/h5-10,19H,1-4H3,(H,18,20). The molecule has 0 aliphatic carbocycles. The molecule has 0 bridgehead atoms. The van der Waals surface area contributed by atoms with E-state index in [1.807, 2.05) is 32.0 Å². The van der Waals surface area contributed by atoms with Crippen LogP contribution in [0.1, 0.15) is 27.0 Å².